The Hall–Kier alpha value is -3.01. The van der Waals surface area contributed by atoms with Crippen molar-refractivity contribution in [1.82, 2.24) is 9.78 Å². The first kappa shape index (κ1) is 17.8. The van der Waals surface area contributed by atoms with E-state index in [1.165, 1.54) is 12.8 Å². The van der Waals surface area contributed by atoms with Crippen LogP contribution in [0, 0.1) is 11.3 Å². The lowest BCUT2D eigenvalue weighted by Gasteiger charge is -2.15. The largest absolute Gasteiger partial charge is 0.490 e. The van der Waals surface area contributed by atoms with Crippen LogP contribution in [0.1, 0.15) is 44.2 Å². The van der Waals surface area contributed by atoms with Crippen LogP contribution in [0.15, 0.2) is 30.5 Å². The molecule has 0 unspecified atom stereocenters. The van der Waals surface area contributed by atoms with E-state index in [0.29, 0.717) is 35.5 Å². The lowest BCUT2D eigenvalue weighted by atomic mass is 10.2. The Bertz CT molecular complexity index is 803. The molecule has 1 saturated carbocycles. The van der Waals surface area contributed by atoms with E-state index in [2.05, 4.69) is 16.5 Å². The molecule has 1 fully saturated rings. The van der Waals surface area contributed by atoms with E-state index in [0.717, 1.165) is 12.8 Å². The van der Waals surface area contributed by atoms with Crippen molar-refractivity contribution in [3.63, 3.8) is 0 Å². The van der Waals surface area contributed by atoms with Gasteiger partial charge in [0.25, 0.3) is 5.91 Å². The molecule has 0 atom stereocenters. The minimum absolute atomic E-state index is 0.151. The minimum atomic E-state index is -0.267. The second-order valence-corrected chi connectivity index (χ2v) is 6.14. The molecule has 1 aliphatic rings. The Morgan fingerprint density at radius 1 is 1.31 bits per heavy atom. The summed E-state index contributed by atoms with van der Waals surface area (Å²) in [4.78, 5) is 12.3. The fraction of sp³-hybridized carbons (Fsp3) is 0.421. The molecule has 7 heteroatoms. The minimum Gasteiger partial charge on any atom is -0.490 e. The molecule has 1 aliphatic carbocycles. The van der Waals surface area contributed by atoms with E-state index in [9.17, 15) is 4.79 Å². The number of nitriles is 1. The maximum absolute atomic E-state index is 12.3. The Kier molecular flexibility index (Phi) is 5.74. The van der Waals surface area contributed by atoms with Crippen LogP contribution in [0.2, 0.25) is 0 Å². The summed E-state index contributed by atoms with van der Waals surface area (Å²) in [6.07, 6.45) is 6.26. The van der Waals surface area contributed by atoms with Gasteiger partial charge in [0.1, 0.15) is 5.82 Å². The summed E-state index contributed by atoms with van der Waals surface area (Å²) < 4.78 is 13.0. The summed E-state index contributed by atoms with van der Waals surface area (Å²) in [6.45, 7) is 2.14. The van der Waals surface area contributed by atoms with Crippen molar-refractivity contribution in [3.8, 4) is 17.6 Å². The van der Waals surface area contributed by atoms with Crippen LogP contribution in [0.25, 0.3) is 0 Å². The van der Waals surface area contributed by atoms with Gasteiger partial charge in [-0.1, -0.05) is 12.8 Å². The van der Waals surface area contributed by atoms with Gasteiger partial charge in [-0.05, 0) is 31.9 Å². The van der Waals surface area contributed by atoms with E-state index in [4.69, 9.17) is 14.7 Å². The fourth-order valence-electron chi connectivity index (χ4n) is 3.14. The molecule has 136 valence electrons. The van der Waals surface area contributed by atoms with Gasteiger partial charge in [-0.3, -0.25) is 4.79 Å². The SMILES string of the molecule is CCOc1cc(C#N)ccc1OCC(=O)Nc1ccnn1C1CCCC1. The molecule has 1 heterocycles. The number of nitrogens with zero attached hydrogens (tertiary/aromatic N) is 3. The molecular weight excluding hydrogens is 332 g/mol. The summed E-state index contributed by atoms with van der Waals surface area (Å²) in [5, 5.41) is 16.2. The number of rotatable bonds is 7. The first-order valence-corrected chi connectivity index (χ1v) is 8.84. The number of carbonyl (C=O) groups excluding carboxylic acids is 1. The van der Waals surface area contributed by atoms with Crippen LogP contribution >= 0.6 is 0 Å². The molecule has 1 N–H and O–H groups in total. The number of hydrogen-bond acceptors (Lipinski definition) is 5. The van der Waals surface area contributed by atoms with Crippen molar-refractivity contribution in [3.05, 3.63) is 36.0 Å². The van der Waals surface area contributed by atoms with Crippen molar-refractivity contribution in [2.24, 2.45) is 0 Å². The molecule has 3 rings (SSSR count). The van der Waals surface area contributed by atoms with Crippen LogP contribution in [-0.2, 0) is 4.79 Å². The fourth-order valence-corrected chi connectivity index (χ4v) is 3.14. The van der Waals surface area contributed by atoms with Crippen molar-refractivity contribution in [2.45, 2.75) is 38.6 Å². The van der Waals surface area contributed by atoms with E-state index in [1.54, 1.807) is 30.5 Å². The number of benzene rings is 1. The number of ether oxygens (including phenoxy) is 2. The summed E-state index contributed by atoms with van der Waals surface area (Å²) >= 11 is 0. The molecular formula is C19H22N4O3. The number of carbonyl (C=O) groups is 1. The molecule has 1 amide bonds. The average Bonchev–Trinajstić information content (AvgIpc) is 3.32. The van der Waals surface area contributed by atoms with Crippen molar-refractivity contribution >= 4 is 11.7 Å². The highest BCUT2D eigenvalue weighted by atomic mass is 16.5. The summed E-state index contributed by atoms with van der Waals surface area (Å²) in [5.74, 6) is 1.31. The third-order valence-electron chi connectivity index (χ3n) is 4.34. The van der Waals surface area contributed by atoms with Crippen LogP contribution in [0.5, 0.6) is 11.5 Å². The van der Waals surface area contributed by atoms with Gasteiger partial charge in [-0.2, -0.15) is 10.4 Å². The molecule has 0 bridgehead atoms. The second kappa shape index (κ2) is 8.39. The molecule has 1 aromatic heterocycles. The van der Waals surface area contributed by atoms with Crippen molar-refractivity contribution < 1.29 is 14.3 Å². The van der Waals surface area contributed by atoms with Gasteiger partial charge in [0.15, 0.2) is 18.1 Å². The van der Waals surface area contributed by atoms with E-state index in [-0.39, 0.29) is 12.5 Å². The Labute approximate surface area is 152 Å². The quantitative estimate of drug-likeness (QED) is 0.824. The number of aromatic nitrogens is 2. The Morgan fingerprint density at radius 3 is 2.85 bits per heavy atom. The van der Waals surface area contributed by atoms with Gasteiger partial charge < -0.3 is 14.8 Å². The first-order chi connectivity index (χ1) is 12.7. The highest BCUT2D eigenvalue weighted by Gasteiger charge is 2.20. The van der Waals surface area contributed by atoms with Crippen LogP contribution in [0.4, 0.5) is 5.82 Å². The smallest absolute Gasteiger partial charge is 0.263 e. The number of amides is 1. The normalized spacial score (nSPS) is 14.0. The molecule has 0 spiro atoms. The highest BCUT2D eigenvalue weighted by molar-refractivity contribution is 5.91. The van der Waals surface area contributed by atoms with E-state index >= 15 is 0 Å². The van der Waals surface area contributed by atoms with Crippen molar-refractivity contribution in [2.75, 3.05) is 18.5 Å². The van der Waals surface area contributed by atoms with Crippen molar-refractivity contribution in [1.29, 1.82) is 5.26 Å². The zero-order valence-corrected chi connectivity index (χ0v) is 14.8. The third kappa shape index (κ3) is 4.14. The van der Waals surface area contributed by atoms with Crippen LogP contribution in [-0.4, -0.2) is 28.9 Å². The summed E-state index contributed by atoms with van der Waals surface area (Å²) in [6, 6.07) is 9.07. The molecule has 1 aromatic carbocycles. The summed E-state index contributed by atoms with van der Waals surface area (Å²) in [5.41, 5.74) is 0.478. The second-order valence-electron chi connectivity index (χ2n) is 6.14. The Balaban J connectivity index is 1.61. The molecule has 2 aromatic rings. The van der Waals surface area contributed by atoms with E-state index in [1.807, 2.05) is 11.6 Å². The summed E-state index contributed by atoms with van der Waals surface area (Å²) in [7, 11) is 0. The Morgan fingerprint density at radius 2 is 2.12 bits per heavy atom. The molecule has 7 nitrogen and oxygen atoms in total. The van der Waals surface area contributed by atoms with Gasteiger partial charge in [-0.15, -0.1) is 0 Å². The predicted molar refractivity (Wildman–Crippen MR) is 96.2 cm³/mol. The van der Waals surface area contributed by atoms with Gasteiger partial charge in [0.05, 0.1) is 30.5 Å². The predicted octanol–water partition coefficient (Wildman–Crippen LogP) is 3.29. The standard InChI is InChI=1S/C19H22N4O3/c1-2-25-17-11-14(12-20)7-8-16(17)26-13-19(24)22-18-9-10-21-23(18)15-5-3-4-6-15/h7-11,15H,2-6,13H2,1H3,(H,22,24). The third-order valence-corrected chi connectivity index (χ3v) is 4.34. The maximum atomic E-state index is 12.3. The monoisotopic (exact) mass is 354 g/mol. The highest BCUT2D eigenvalue weighted by Crippen LogP contribution is 2.31. The van der Waals surface area contributed by atoms with Crippen LogP contribution in [0.3, 0.4) is 0 Å². The van der Waals surface area contributed by atoms with Gasteiger partial charge in [0.2, 0.25) is 0 Å². The first-order valence-electron chi connectivity index (χ1n) is 8.84. The lowest BCUT2D eigenvalue weighted by Crippen LogP contribution is -2.23. The number of anilines is 1. The van der Waals surface area contributed by atoms with Gasteiger partial charge >= 0.3 is 0 Å². The number of nitrogens with one attached hydrogen (secondary N) is 1. The molecule has 26 heavy (non-hydrogen) atoms. The average molecular weight is 354 g/mol. The topological polar surface area (TPSA) is 89.2 Å². The number of hydrogen-bond donors (Lipinski definition) is 1. The lowest BCUT2D eigenvalue weighted by molar-refractivity contribution is -0.118. The molecule has 0 saturated heterocycles. The molecule has 0 radical (unpaired) electrons. The molecule has 0 aliphatic heterocycles. The van der Waals surface area contributed by atoms with Crippen LogP contribution < -0.4 is 14.8 Å². The van der Waals surface area contributed by atoms with Gasteiger partial charge in [-0.25, -0.2) is 4.68 Å². The van der Waals surface area contributed by atoms with E-state index < -0.39 is 0 Å². The zero-order chi connectivity index (χ0) is 18.4. The zero-order valence-electron chi connectivity index (χ0n) is 14.8. The van der Waals surface area contributed by atoms with Gasteiger partial charge in [0, 0.05) is 12.1 Å². The maximum Gasteiger partial charge on any atom is 0.263 e.